The SMILES string of the molecule is C=CC[C@H](C)CCCC(C)C. The molecule has 1 atom stereocenters. The summed E-state index contributed by atoms with van der Waals surface area (Å²) in [4.78, 5) is 0. The van der Waals surface area contributed by atoms with Crippen molar-refractivity contribution in [3.63, 3.8) is 0 Å². The first-order valence-corrected chi connectivity index (χ1v) is 4.77. The highest BCUT2D eigenvalue weighted by Crippen LogP contribution is 2.14. The molecular weight excluding hydrogens is 132 g/mol. The Bertz CT molecular complexity index is 92.2. The number of rotatable bonds is 6. The fraction of sp³-hybridized carbons (Fsp3) is 0.818. The average molecular weight is 154 g/mol. The van der Waals surface area contributed by atoms with E-state index < -0.39 is 0 Å². The maximum Gasteiger partial charge on any atom is -0.0328 e. The predicted molar refractivity (Wildman–Crippen MR) is 52.7 cm³/mol. The van der Waals surface area contributed by atoms with E-state index in [0.717, 1.165) is 11.8 Å². The molecule has 0 radical (unpaired) electrons. The molecule has 0 unspecified atom stereocenters. The summed E-state index contributed by atoms with van der Waals surface area (Å²) in [6, 6.07) is 0. The van der Waals surface area contributed by atoms with Crippen LogP contribution < -0.4 is 0 Å². The van der Waals surface area contributed by atoms with E-state index in [0.29, 0.717) is 0 Å². The van der Waals surface area contributed by atoms with Gasteiger partial charge in [-0.2, -0.15) is 0 Å². The van der Waals surface area contributed by atoms with Gasteiger partial charge in [0.15, 0.2) is 0 Å². The highest BCUT2D eigenvalue weighted by atomic mass is 14.1. The molecule has 0 aliphatic heterocycles. The van der Waals surface area contributed by atoms with Gasteiger partial charge in [-0.1, -0.05) is 46.1 Å². The van der Waals surface area contributed by atoms with Crippen LogP contribution in [0.3, 0.4) is 0 Å². The average Bonchev–Trinajstić information content (AvgIpc) is 1.87. The van der Waals surface area contributed by atoms with Crippen molar-refractivity contribution in [2.24, 2.45) is 11.8 Å². The normalized spacial score (nSPS) is 13.5. The Balaban J connectivity index is 3.16. The van der Waals surface area contributed by atoms with Crippen LogP contribution in [0.5, 0.6) is 0 Å². The van der Waals surface area contributed by atoms with E-state index in [2.05, 4.69) is 27.4 Å². The van der Waals surface area contributed by atoms with Crippen molar-refractivity contribution < 1.29 is 0 Å². The lowest BCUT2D eigenvalue weighted by atomic mass is 9.97. The maximum atomic E-state index is 3.74. The van der Waals surface area contributed by atoms with Crippen LogP contribution in [0, 0.1) is 11.8 Å². The monoisotopic (exact) mass is 154 g/mol. The van der Waals surface area contributed by atoms with Gasteiger partial charge < -0.3 is 0 Å². The summed E-state index contributed by atoms with van der Waals surface area (Å²) in [6.45, 7) is 10.6. The second-order valence-corrected chi connectivity index (χ2v) is 3.95. The van der Waals surface area contributed by atoms with Gasteiger partial charge in [0.05, 0.1) is 0 Å². The zero-order chi connectivity index (χ0) is 8.69. The summed E-state index contributed by atoms with van der Waals surface area (Å²) in [7, 11) is 0. The van der Waals surface area contributed by atoms with Gasteiger partial charge in [0.2, 0.25) is 0 Å². The van der Waals surface area contributed by atoms with Crippen LogP contribution in [0.2, 0.25) is 0 Å². The van der Waals surface area contributed by atoms with Crippen LogP contribution in [0.25, 0.3) is 0 Å². The van der Waals surface area contributed by atoms with Crippen molar-refractivity contribution in [1.29, 1.82) is 0 Å². The molecule has 0 saturated heterocycles. The van der Waals surface area contributed by atoms with Gasteiger partial charge in [-0.3, -0.25) is 0 Å². The number of allylic oxidation sites excluding steroid dienone is 1. The largest absolute Gasteiger partial charge is 0.103 e. The van der Waals surface area contributed by atoms with Crippen LogP contribution >= 0.6 is 0 Å². The third-order valence-electron chi connectivity index (χ3n) is 2.05. The van der Waals surface area contributed by atoms with Gasteiger partial charge in [0.1, 0.15) is 0 Å². The summed E-state index contributed by atoms with van der Waals surface area (Å²) in [5, 5.41) is 0. The maximum absolute atomic E-state index is 3.74. The molecule has 0 heteroatoms. The molecule has 0 heterocycles. The number of hydrogen-bond acceptors (Lipinski definition) is 0. The molecule has 0 fully saturated rings. The third kappa shape index (κ3) is 7.64. The fourth-order valence-electron chi connectivity index (χ4n) is 1.28. The standard InChI is InChI=1S/C11H22/c1-5-7-11(4)9-6-8-10(2)3/h5,10-11H,1,6-9H2,2-4H3/t11-/m0/s1. The quantitative estimate of drug-likeness (QED) is 0.507. The van der Waals surface area contributed by atoms with Crippen LogP contribution in [0.4, 0.5) is 0 Å². The summed E-state index contributed by atoms with van der Waals surface area (Å²) in [5.41, 5.74) is 0. The van der Waals surface area contributed by atoms with Crippen LogP contribution in [-0.4, -0.2) is 0 Å². The first-order chi connectivity index (χ1) is 5.16. The topological polar surface area (TPSA) is 0 Å². The van der Waals surface area contributed by atoms with Crippen molar-refractivity contribution in [2.45, 2.75) is 46.5 Å². The molecule has 0 aromatic carbocycles. The smallest absolute Gasteiger partial charge is 0.0328 e. The molecule has 0 N–H and O–H groups in total. The molecule has 66 valence electrons. The second-order valence-electron chi connectivity index (χ2n) is 3.95. The van der Waals surface area contributed by atoms with Crippen molar-refractivity contribution in [1.82, 2.24) is 0 Å². The van der Waals surface area contributed by atoms with E-state index in [1.807, 2.05) is 6.08 Å². The van der Waals surface area contributed by atoms with Gasteiger partial charge in [0.25, 0.3) is 0 Å². The minimum absolute atomic E-state index is 0.839. The minimum atomic E-state index is 0.839. The third-order valence-corrected chi connectivity index (χ3v) is 2.05. The minimum Gasteiger partial charge on any atom is -0.103 e. The number of hydrogen-bond donors (Lipinski definition) is 0. The highest BCUT2D eigenvalue weighted by Gasteiger charge is 2.00. The van der Waals surface area contributed by atoms with E-state index in [9.17, 15) is 0 Å². The van der Waals surface area contributed by atoms with Gasteiger partial charge in [-0.05, 0) is 18.3 Å². The Morgan fingerprint density at radius 3 is 2.27 bits per heavy atom. The molecule has 0 spiro atoms. The molecule has 0 aromatic rings. The van der Waals surface area contributed by atoms with E-state index in [1.54, 1.807) is 0 Å². The molecule has 0 rings (SSSR count). The summed E-state index contributed by atoms with van der Waals surface area (Å²) in [6.07, 6.45) is 7.33. The Kier molecular flexibility index (Phi) is 6.30. The molecule has 0 saturated carbocycles. The summed E-state index contributed by atoms with van der Waals surface area (Å²) >= 11 is 0. The lowest BCUT2D eigenvalue weighted by Gasteiger charge is -2.09. The van der Waals surface area contributed by atoms with E-state index in [1.165, 1.54) is 25.7 Å². The van der Waals surface area contributed by atoms with Gasteiger partial charge in [-0.15, -0.1) is 6.58 Å². The van der Waals surface area contributed by atoms with Crippen molar-refractivity contribution in [2.75, 3.05) is 0 Å². The van der Waals surface area contributed by atoms with Gasteiger partial charge in [0, 0.05) is 0 Å². The highest BCUT2D eigenvalue weighted by molar-refractivity contribution is 4.70. The molecule has 0 nitrogen and oxygen atoms in total. The predicted octanol–water partition coefficient (Wildman–Crippen LogP) is 4.02. The Labute approximate surface area is 71.7 Å². The molecule has 0 amide bonds. The Morgan fingerprint density at radius 1 is 1.18 bits per heavy atom. The summed E-state index contributed by atoms with van der Waals surface area (Å²) in [5.74, 6) is 1.71. The van der Waals surface area contributed by atoms with Crippen LogP contribution in [0.1, 0.15) is 46.5 Å². The zero-order valence-electron chi connectivity index (χ0n) is 8.27. The first kappa shape index (κ1) is 10.7. The Hall–Kier alpha value is -0.260. The van der Waals surface area contributed by atoms with Crippen molar-refractivity contribution >= 4 is 0 Å². The van der Waals surface area contributed by atoms with E-state index in [-0.39, 0.29) is 0 Å². The molecule has 0 aliphatic rings. The first-order valence-electron chi connectivity index (χ1n) is 4.77. The zero-order valence-corrected chi connectivity index (χ0v) is 8.27. The van der Waals surface area contributed by atoms with E-state index >= 15 is 0 Å². The van der Waals surface area contributed by atoms with Crippen LogP contribution in [0.15, 0.2) is 12.7 Å². The second kappa shape index (κ2) is 6.45. The van der Waals surface area contributed by atoms with Crippen molar-refractivity contribution in [3.8, 4) is 0 Å². The van der Waals surface area contributed by atoms with Crippen LogP contribution in [-0.2, 0) is 0 Å². The lowest BCUT2D eigenvalue weighted by Crippen LogP contribution is -1.94. The van der Waals surface area contributed by atoms with Gasteiger partial charge in [-0.25, -0.2) is 0 Å². The van der Waals surface area contributed by atoms with Gasteiger partial charge >= 0.3 is 0 Å². The van der Waals surface area contributed by atoms with E-state index in [4.69, 9.17) is 0 Å². The fourth-order valence-corrected chi connectivity index (χ4v) is 1.28. The molecule has 0 aliphatic carbocycles. The molecule has 0 aromatic heterocycles. The lowest BCUT2D eigenvalue weighted by molar-refractivity contribution is 0.461. The summed E-state index contributed by atoms with van der Waals surface area (Å²) < 4.78 is 0. The Morgan fingerprint density at radius 2 is 1.82 bits per heavy atom. The molecular formula is C11H22. The van der Waals surface area contributed by atoms with Crippen molar-refractivity contribution in [3.05, 3.63) is 12.7 Å². The molecule has 0 bridgehead atoms. The molecule has 11 heavy (non-hydrogen) atoms.